The van der Waals surface area contributed by atoms with Crippen molar-refractivity contribution in [3.63, 3.8) is 0 Å². The van der Waals surface area contributed by atoms with Crippen molar-refractivity contribution in [2.75, 3.05) is 5.32 Å². The van der Waals surface area contributed by atoms with Crippen LogP contribution in [0.2, 0.25) is 0 Å². The van der Waals surface area contributed by atoms with Crippen molar-refractivity contribution >= 4 is 17.6 Å². The number of pyridine rings is 1. The van der Waals surface area contributed by atoms with E-state index in [1.54, 1.807) is 42.3 Å². The smallest absolute Gasteiger partial charge is 0.344 e. The number of aryl methyl sites for hydroxylation is 1. The number of hydrogen-bond donors (Lipinski definition) is 2. The van der Waals surface area contributed by atoms with Crippen LogP contribution in [0.5, 0.6) is 5.75 Å². The molecule has 0 saturated heterocycles. The van der Waals surface area contributed by atoms with Gasteiger partial charge in [0, 0.05) is 48.6 Å². The number of hydrogen-bond acceptors (Lipinski definition) is 5. The zero-order valence-electron chi connectivity index (χ0n) is 18.0. The molecule has 5 rings (SSSR count). The molecular formula is C25H22N6O2. The molecule has 1 aliphatic rings. The predicted octanol–water partition coefficient (Wildman–Crippen LogP) is 4.57. The molecule has 0 saturated carbocycles. The third-order valence-corrected chi connectivity index (χ3v) is 5.59. The summed E-state index contributed by atoms with van der Waals surface area (Å²) in [5, 5.41) is 23.9. The lowest BCUT2D eigenvalue weighted by Gasteiger charge is -2.22. The SMILES string of the molecule is Cn1nc(-c2ccccc2)cc1NC(=O)N1N=C(c2cccnc2)CC1c1ccccc1O. The first-order valence-electron chi connectivity index (χ1n) is 10.6. The molecule has 2 amide bonds. The summed E-state index contributed by atoms with van der Waals surface area (Å²) >= 11 is 0. The van der Waals surface area contributed by atoms with Crippen LogP contribution >= 0.6 is 0 Å². The van der Waals surface area contributed by atoms with Gasteiger partial charge in [0.15, 0.2) is 0 Å². The molecule has 0 fully saturated rings. The van der Waals surface area contributed by atoms with Crippen LogP contribution in [0.1, 0.15) is 23.6 Å². The largest absolute Gasteiger partial charge is 0.508 e. The molecule has 2 N–H and O–H groups in total. The molecule has 0 radical (unpaired) electrons. The van der Waals surface area contributed by atoms with Crippen LogP contribution in [0, 0.1) is 0 Å². The highest BCUT2D eigenvalue weighted by Gasteiger charge is 2.35. The summed E-state index contributed by atoms with van der Waals surface area (Å²) in [4.78, 5) is 17.5. The average molecular weight is 438 g/mol. The summed E-state index contributed by atoms with van der Waals surface area (Å²) in [5.74, 6) is 0.662. The number of aromatic nitrogens is 3. The monoisotopic (exact) mass is 438 g/mol. The van der Waals surface area contributed by atoms with E-state index in [2.05, 4.69) is 20.5 Å². The van der Waals surface area contributed by atoms with Crippen LogP contribution in [0.25, 0.3) is 11.3 Å². The molecule has 8 nitrogen and oxygen atoms in total. The van der Waals surface area contributed by atoms with Crippen LogP contribution in [0.4, 0.5) is 10.6 Å². The molecule has 3 heterocycles. The Bertz CT molecular complexity index is 1320. The van der Waals surface area contributed by atoms with Gasteiger partial charge in [-0.15, -0.1) is 0 Å². The number of urea groups is 1. The van der Waals surface area contributed by atoms with Crippen molar-refractivity contribution in [3.05, 3.63) is 96.3 Å². The van der Waals surface area contributed by atoms with Crippen LogP contribution < -0.4 is 5.32 Å². The fraction of sp³-hybridized carbons (Fsp3) is 0.120. The molecule has 4 aromatic rings. The Labute approximate surface area is 190 Å². The van der Waals surface area contributed by atoms with Gasteiger partial charge in [-0.05, 0) is 12.1 Å². The maximum absolute atomic E-state index is 13.4. The molecule has 0 aliphatic carbocycles. The van der Waals surface area contributed by atoms with Crippen molar-refractivity contribution in [2.24, 2.45) is 12.1 Å². The number of benzene rings is 2. The van der Waals surface area contributed by atoms with Gasteiger partial charge < -0.3 is 5.11 Å². The van der Waals surface area contributed by atoms with E-state index in [1.807, 2.05) is 54.6 Å². The molecule has 8 heteroatoms. The number of carbonyl (C=O) groups excluding carboxylic acids is 1. The van der Waals surface area contributed by atoms with Gasteiger partial charge in [0.1, 0.15) is 11.6 Å². The Kier molecular flexibility index (Phi) is 5.32. The first-order valence-corrected chi connectivity index (χ1v) is 10.6. The summed E-state index contributed by atoms with van der Waals surface area (Å²) < 4.78 is 1.62. The second kappa shape index (κ2) is 8.58. The Hall–Kier alpha value is -4.46. The highest BCUT2D eigenvalue weighted by Crippen LogP contribution is 2.37. The number of hydrazone groups is 1. The number of phenols is 1. The minimum absolute atomic E-state index is 0.120. The fourth-order valence-corrected chi connectivity index (χ4v) is 3.92. The van der Waals surface area contributed by atoms with E-state index < -0.39 is 12.1 Å². The number of amides is 2. The molecule has 0 bridgehead atoms. The number of carbonyl (C=O) groups is 1. The topological polar surface area (TPSA) is 95.6 Å². The van der Waals surface area contributed by atoms with E-state index in [9.17, 15) is 9.90 Å². The minimum Gasteiger partial charge on any atom is -0.508 e. The van der Waals surface area contributed by atoms with E-state index in [0.717, 1.165) is 22.5 Å². The number of nitrogens with one attached hydrogen (secondary N) is 1. The van der Waals surface area contributed by atoms with Gasteiger partial charge in [-0.25, -0.2) is 9.80 Å². The van der Waals surface area contributed by atoms with E-state index in [1.165, 1.54) is 5.01 Å². The van der Waals surface area contributed by atoms with Gasteiger partial charge in [0.05, 0.1) is 17.4 Å². The second-order valence-corrected chi connectivity index (χ2v) is 7.75. The number of rotatable bonds is 4. The highest BCUT2D eigenvalue weighted by atomic mass is 16.3. The van der Waals surface area contributed by atoms with Gasteiger partial charge in [-0.2, -0.15) is 10.2 Å². The number of phenolic OH excluding ortho intramolecular Hbond substituents is 1. The Morgan fingerprint density at radius 1 is 1.03 bits per heavy atom. The fourth-order valence-electron chi connectivity index (χ4n) is 3.92. The zero-order chi connectivity index (χ0) is 22.8. The summed E-state index contributed by atoms with van der Waals surface area (Å²) in [6, 6.07) is 21.5. The number of aromatic hydroxyl groups is 1. The van der Waals surface area contributed by atoms with E-state index in [0.29, 0.717) is 17.8 Å². The van der Waals surface area contributed by atoms with Crippen molar-refractivity contribution in [1.82, 2.24) is 19.8 Å². The third-order valence-electron chi connectivity index (χ3n) is 5.59. The van der Waals surface area contributed by atoms with E-state index in [4.69, 9.17) is 0 Å². The maximum atomic E-state index is 13.4. The lowest BCUT2D eigenvalue weighted by Crippen LogP contribution is -2.32. The van der Waals surface area contributed by atoms with E-state index in [-0.39, 0.29) is 5.75 Å². The van der Waals surface area contributed by atoms with Crippen molar-refractivity contribution in [1.29, 1.82) is 0 Å². The van der Waals surface area contributed by atoms with Gasteiger partial charge in [-0.3, -0.25) is 15.0 Å². The van der Waals surface area contributed by atoms with E-state index >= 15 is 0 Å². The molecule has 2 aromatic carbocycles. The predicted molar refractivity (Wildman–Crippen MR) is 126 cm³/mol. The molecule has 1 atom stereocenters. The van der Waals surface area contributed by atoms with Crippen LogP contribution in [0.15, 0.2) is 90.3 Å². The minimum atomic E-state index is -0.455. The quantitative estimate of drug-likeness (QED) is 0.488. The van der Waals surface area contributed by atoms with Gasteiger partial charge in [0.25, 0.3) is 0 Å². The molecular weight excluding hydrogens is 416 g/mol. The molecule has 164 valence electrons. The Morgan fingerprint density at radius 2 is 1.79 bits per heavy atom. The second-order valence-electron chi connectivity index (χ2n) is 7.75. The Morgan fingerprint density at radius 3 is 2.55 bits per heavy atom. The average Bonchev–Trinajstić information content (AvgIpc) is 3.45. The van der Waals surface area contributed by atoms with Crippen LogP contribution in [-0.2, 0) is 7.05 Å². The number of para-hydroxylation sites is 1. The van der Waals surface area contributed by atoms with Gasteiger partial charge in [-0.1, -0.05) is 54.6 Å². The van der Waals surface area contributed by atoms with Crippen molar-refractivity contribution in [3.8, 4) is 17.0 Å². The first-order chi connectivity index (χ1) is 16.1. The van der Waals surface area contributed by atoms with Crippen LogP contribution in [0.3, 0.4) is 0 Å². The highest BCUT2D eigenvalue weighted by molar-refractivity contribution is 6.04. The molecule has 1 unspecified atom stereocenters. The number of anilines is 1. The Balaban J connectivity index is 1.46. The standard InChI is InChI=1S/C25H22N6O2/c1-30-24(15-21(28-30)17-8-3-2-4-9-17)27-25(33)31-22(19-11-5-6-12-23(19)32)14-20(29-31)18-10-7-13-26-16-18/h2-13,15-16,22,32H,14H2,1H3,(H,27,33). The van der Waals surface area contributed by atoms with Crippen molar-refractivity contribution < 1.29 is 9.90 Å². The molecule has 2 aromatic heterocycles. The maximum Gasteiger partial charge on any atom is 0.344 e. The first kappa shape index (κ1) is 20.4. The van der Waals surface area contributed by atoms with Gasteiger partial charge in [0.2, 0.25) is 0 Å². The molecule has 0 spiro atoms. The lowest BCUT2D eigenvalue weighted by molar-refractivity contribution is 0.199. The number of nitrogens with zero attached hydrogens (tertiary/aromatic N) is 5. The third kappa shape index (κ3) is 4.06. The summed E-state index contributed by atoms with van der Waals surface area (Å²) in [6.45, 7) is 0. The lowest BCUT2D eigenvalue weighted by atomic mass is 9.98. The zero-order valence-corrected chi connectivity index (χ0v) is 18.0. The van der Waals surface area contributed by atoms with Crippen LogP contribution in [-0.4, -0.2) is 36.6 Å². The summed E-state index contributed by atoms with van der Waals surface area (Å²) in [6.07, 6.45) is 3.86. The molecule has 33 heavy (non-hydrogen) atoms. The molecule has 1 aliphatic heterocycles. The van der Waals surface area contributed by atoms with Crippen molar-refractivity contribution in [2.45, 2.75) is 12.5 Å². The summed E-state index contributed by atoms with van der Waals surface area (Å²) in [7, 11) is 1.77. The summed E-state index contributed by atoms with van der Waals surface area (Å²) in [5.41, 5.74) is 3.90. The van der Waals surface area contributed by atoms with Gasteiger partial charge >= 0.3 is 6.03 Å². The normalized spacial score (nSPS) is 15.4.